The number of piperidine rings is 1. The highest BCUT2D eigenvalue weighted by Gasteiger charge is 2.29. The summed E-state index contributed by atoms with van der Waals surface area (Å²) in [5, 5.41) is 12.0. The molecule has 146 valence electrons. The predicted molar refractivity (Wildman–Crippen MR) is 106 cm³/mol. The number of hydrogen-bond acceptors (Lipinski definition) is 4. The summed E-state index contributed by atoms with van der Waals surface area (Å²) >= 11 is 0. The molecule has 27 heavy (non-hydrogen) atoms. The SMILES string of the molecule is CC1CCCC(NC(=O)CN2CCC(c3nnc4ccccn34)CC2)C1C. The van der Waals surface area contributed by atoms with E-state index in [4.69, 9.17) is 0 Å². The largest absolute Gasteiger partial charge is 0.352 e. The monoisotopic (exact) mass is 369 g/mol. The Kier molecular flexibility index (Phi) is 5.43. The van der Waals surface area contributed by atoms with Gasteiger partial charge in [-0.05, 0) is 56.3 Å². The van der Waals surface area contributed by atoms with Crippen molar-refractivity contribution in [2.75, 3.05) is 19.6 Å². The number of fused-ring (bicyclic) bond motifs is 1. The van der Waals surface area contributed by atoms with E-state index in [-0.39, 0.29) is 5.91 Å². The standard InChI is InChI=1S/C21H31N5O/c1-15-6-5-7-18(16(15)2)22-20(27)14-25-12-9-17(10-13-25)21-24-23-19-8-3-4-11-26(19)21/h3-4,8,11,15-18H,5-7,9-10,12-14H2,1-2H3,(H,22,27). The normalized spacial score (nSPS) is 27.7. The first-order valence-electron chi connectivity index (χ1n) is 10.4. The van der Waals surface area contributed by atoms with E-state index in [2.05, 4.69) is 38.7 Å². The quantitative estimate of drug-likeness (QED) is 0.900. The number of amides is 1. The lowest BCUT2D eigenvalue weighted by atomic mass is 9.78. The van der Waals surface area contributed by atoms with Crippen LogP contribution in [0.25, 0.3) is 5.65 Å². The molecule has 2 aromatic rings. The van der Waals surface area contributed by atoms with Gasteiger partial charge in [-0.25, -0.2) is 0 Å². The summed E-state index contributed by atoms with van der Waals surface area (Å²) in [5.74, 6) is 2.94. The van der Waals surface area contributed by atoms with Gasteiger partial charge in [-0.3, -0.25) is 14.1 Å². The van der Waals surface area contributed by atoms with Gasteiger partial charge in [0.25, 0.3) is 0 Å². The Morgan fingerprint density at radius 2 is 1.96 bits per heavy atom. The fourth-order valence-corrected chi connectivity index (χ4v) is 4.73. The molecule has 1 amide bonds. The first-order chi connectivity index (χ1) is 13.1. The second-order valence-electron chi connectivity index (χ2n) is 8.48. The summed E-state index contributed by atoms with van der Waals surface area (Å²) in [6.07, 6.45) is 7.74. The van der Waals surface area contributed by atoms with Crippen LogP contribution < -0.4 is 5.32 Å². The van der Waals surface area contributed by atoms with Gasteiger partial charge in [0.1, 0.15) is 5.82 Å². The first-order valence-corrected chi connectivity index (χ1v) is 10.4. The van der Waals surface area contributed by atoms with Gasteiger partial charge in [0.2, 0.25) is 5.91 Å². The topological polar surface area (TPSA) is 62.5 Å². The molecule has 2 aromatic heterocycles. The number of carbonyl (C=O) groups is 1. The van der Waals surface area contributed by atoms with E-state index in [0.717, 1.165) is 43.8 Å². The van der Waals surface area contributed by atoms with Crippen LogP contribution in [0.4, 0.5) is 0 Å². The summed E-state index contributed by atoms with van der Waals surface area (Å²) < 4.78 is 2.10. The Morgan fingerprint density at radius 3 is 2.78 bits per heavy atom. The molecule has 0 spiro atoms. The molecule has 4 rings (SSSR count). The molecular weight excluding hydrogens is 338 g/mol. The molecule has 0 radical (unpaired) electrons. The van der Waals surface area contributed by atoms with Crippen LogP contribution in [-0.4, -0.2) is 51.1 Å². The summed E-state index contributed by atoms with van der Waals surface area (Å²) in [6.45, 7) is 6.99. The predicted octanol–water partition coefficient (Wildman–Crippen LogP) is 2.85. The number of likely N-dealkylation sites (tertiary alicyclic amines) is 1. The highest BCUT2D eigenvalue weighted by molar-refractivity contribution is 5.78. The fraction of sp³-hybridized carbons (Fsp3) is 0.667. The number of nitrogens with zero attached hydrogens (tertiary/aromatic N) is 4. The third-order valence-corrected chi connectivity index (χ3v) is 6.71. The van der Waals surface area contributed by atoms with Crippen LogP contribution >= 0.6 is 0 Å². The van der Waals surface area contributed by atoms with Gasteiger partial charge in [0, 0.05) is 18.2 Å². The molecule has 1 aliphatic carbocycles. The van der Waals surface area contributed by atoms with Gasteiger partial charge < -0.3 is 5.32 Å². The van der Waals surface area contributed by atoms with Crippen LogP contribution in [0, 0.1) is 11.8 Å². The number of carbonyl (C=O) groups excluding carboxylic acids is 1. The van der Waals surface area contributed by atoms with Gasteiger partial charge >= 0.3 is 0 Å². The van der Waals surface area contributed by atoms with Crippen molar-refractivity contribution >= 4 is 11.6 Å². The zero-order valence-corrected chi connectivity index (χ0v) is 16.5. The van der Waals surface area contributed by atoms with Gasteiger partial charge in [-0.2, -0.15) is 0 Å². The average molecular weight is 370 g/mol. The molecule has 0 bridgehead atoms. The van der Waals surface area contributed by atoms with E-state index in [1.54, 1.807) is 0 Å². The van der Waals surface area contributed by atoms with E-state index in [0.29, 0.717) is 30.3 Å². The zero-order chi connectivity index (χ0) is 18.8. The third-order valence-electron chi connectivity index (χ3n) is 6.71. The van der Waals surface area contributed by atoms with Crippen molar-refractivity contribution in [2.45, 2.75) is 57.9 Å². The number of pyridine rings is 1. The Morgan fingerprint density at radius 1 is 1.15 bits per heavy atom. The maximum atomic E-state index is 12.5. The van der Waals surface area contributed by atoms with Crippen molar-refractivity contribution in [3.05, 3.63) is 30.2 Å². The molecule has 1 N–H and O–H groups in total. The van der Waals surface area contributed by atoms with E-state index < -0.39 is 0 Å². The maximum absolute atomic E-state index is 12.5. The Balaban J connectivity index is 1.28. The Hall–Kier alpha value is -1.95. The lowest BCUT2D eigenvalue weighted by Crippen LogP contribution is -2.48. The first kappa shape index (κ1) is 18.4. The van der Waals surface area contributed by atoms with Gasteiger partial charge in [0.15, 0.2) is 5.65 Å². The highest BCUT2D eigenvalue weighted by Crippen LogP contribution is 2.30. The van der Waals surface area contributed by atoms with Crippen molar-refractivity contribution in [3.8, 4) is 0 Å². The molecule has 6 heteroatoms. The fourth-order valence-electron chi connectivity index (χ4n) is 4.73. The number of nitrogens with one attached hydrogen (secondary N) is 1. The minimum atomic E-state index is 0.187. The van der Waals surface area contributed by atoms with Crippen molar-refractivity contribution in [2.24, 2.45) is 11.8 Å². The summed E-state index contributed by atoms with van der Waals surface area (Å²) in [6, 6.07) is 6.35. The highest BCUT2D eigenvalue weighted by atomic mass is 16.2. The number of hydrogen-bond donors (Lipinski definition) is 1. The molecule has 3 heterocycles. The number of rotatable bonds is 4. The molecule has 0 aromatic carbocycles. The van der Waals surface area contributed by atoms with Crippen molar-refractivity contribution in [3.63, 3.8) is 0 Å². The van der Waals surface area contributed by atoms with Crippen LogP contribution in [-0.2, 0) is 4.79 Å². The molecule has 3 atom stereocenters. The second-order valence-corrected chi connectivity index (χ2v) is 8.48. The van der Waals surface area contributed by atoms with Crippen LogP contribution in [0.5, 0.6) is 0 Å². The molecule has 1 saturated heterocycles. The van der Waals surface area contributed by atoms with Crippen LogP contribution in [0.3, 0.4) is 0 Å². The summed E-state index contributed by atoms with van der Waals surface area (Å²) in [5.41, 5.74) is 0.908. The van der Waals surface area contributed by atoms with E-state index in [9.17, 15) is 4.79 Å². The van der Waals surface area contributed by atoms with Gasteiger partial charge in [0.05, 0.1) is 6.54 Å². The zero-order valence-electron chi connectivity index (χ0n) is 16.5. The lowest BCUT2D eigenvalue weighted by molar-refractivity contribution is -0.124. The lowest BCUT2D eigenvalue weighted by Gasteiger charge is -2.36. The van der Waals surface area contributed by atoms with Gasteiger partial charge in [-0.15, -0.1) is 10.2 Å². The van der Waals surface area contributed by atoms with Crippen LogP contribution in [0.1, 0.15) is 57.7 Å². The van der Waals surface area contributed by atoms with Crippen LogP contribution in [0.15, 0.2) is 24.4 Å². The second kappa shape index (κ2) is 7.97. The molecular formula is C21H31N5O. The van der Waals surface area contributed by atoms with Crippen molar-refractivity contribution in [1.82, 2.24) is 24.8 Å². The van der Waals surface area contributed by atoms with Crippen molar-refractivity contribution < 1.29 is 4.79 Å². The molecule has 3 unspecified atom stereocenters. The molecule has 1 aliphatic heterocycles. The van der Waals surface area contributed by atoms with Crippen LogP contribution in [0.2, 0.25) is 0 Å². The van der Waals surface area contributed by atoms with E-state index in [1.807, 2.05) is 24.4 Å². The minimum absolute atomic E-state index is 0.187. The molecule has 2 fully saturated rings. The third kappa shape index (κ3) is 4.00. The molecule has 6 nitrogen and oxygen atoms in total. The van der Waals surface area contributed by atoms with Gasteiger partial charge in [-0.1, -0.05) is 32.8 Å². The average Bonchev–Trinajstić information content (AvgIpc) is 3.10. The molecule has 1 saturated carbocycles. The Labute approximate surface area is 161 Å². The maximum Gasteiger partial charge on any atom is 0.234 e. The summed E-state index contributed by atoms with van der Waals surface area (Å²) in [4.78, 5) is 14.8. The number of aromatic nitrogens is 3. The van der Waals surface area contributed by atoms with E-state index >= 15 is 0 Å². The minimum Gasteiger partial charge on any atom is -0.352 e. The summed E-state index contributed by atoms with van der Waals surface area (Å²) in [7, 11) is 0. The Bertz CT molecular complexity index is 780. The van der Waals surface area contributed by atoms with Crippen molar-refractivity contribution in [1.29, 1.82) is 0 Å². The molecule has 2 aliphatic rings. The van der Waals surface area contributed by atoms with E-state index in [1.165, 1.54) is 12.8 Å². The smallest absolute Gasteiger partial charge is 0.234 e.